The van der Waals surface area contributed by atoms with E-state index in [0.29, 0.717) is 18.5 Å². The van der Waals surface area contributed by atoms with Crippen LogP contribution in [0, 0.1) is 12.7 Å². The van der Waals surface area contributed by atoms with Crippen LogP contribution in [0.5, 0.6) is 0 Å². The summed E-state index contributed by atoms with van der Waals surface area (Å²) in [6, 6.07) is 4.16. The lowest BCUT2D eigenvalue weighted by molar-refractivity contribution is 0.554. The second kappa shape index (κ2) is 6.90. The quantitative estimate of drug-likeness (QED) is 0.797. The minimum Gasteiger partial charge on any atom is -0.330 e. The van der Waals surface area contributed by atoms with Crippen LogP contribution in [0.4, 0.5) is 4.39 Å². The zero-order chi connectivity index (χ0) is 12.2. The Morgan fingerprint density at radius 1 is 1.41 bits per heavy atom. The fraction of sp³-hybridized carbons (Fsp3) is 0.400. The van der Waals surface area contributed by atoms with Crippen molar-refractivity contribution in [2.45, 2.75) is 18.2 Å². The molecule has 0 atom stereocenters. The van der Waals surface area contributed by atoms with E-state index in [-0.39, 0.29) is 23.8 Å². The van der Waals surface area contributed by atoms with E-state index in [1.54, 1.807) is 13.0 Å². The minimum atomic E-state index is -3.77. The maximum absolute atomic E-state index is 13.4. The molecule has 1 rings (SSSR count). The maximum atomic E-state index is 13.4. The van der Waals surface area contributed by atoms with E-state index in [2.05, 4.69) is 4.72 Å². The first-order valence-electron chi connectivity index (χ1n) is 4.94. The summed E-state index contributed by atoms with van der Waals surface area (Å²) in [6.45, 7) is 2.16. The first-order chi connectivity index (χ1) is 7.49. The Bertz CT molecular complexity index is 445. The van der Waals surface area contributed by atoms with Gasteiger partial charge < -0.3 is 5.73 Å². The van der Waals surface area contributed by atoms with Gasteiger partial charge in [0.1, 0.15) is 10.7 Å². The molecule has 0 aliphatic rings. The Labute approximate surface area is 107 Å². The molecule has 1 aromatic rings. The lowest BCUT2D eigenvalue weighted by atomic mass is 10.2. The molecule has 0 fully saturated rings. The molecule has 17 heavy (non-hydrogen) atoms. The topological polar surface area (TPSA) is 72.2 Å². The van der Waals surface area contributed by atoms with Crippen molar-refractivity contribution >= 4 is 22.4 Å². The lowest BCUT2D eigenvalue weighted by Crippen LogP contribution is -2.27. The van der Waals surface area contributed by atoms with Gasteiger partial charge in [-0.15, -0.1) is 12.4 Å². The second-order valence-corrected chi connectivity index (χ2v) is 5.13. The molecule has 0 aromatic heterocycles. The van der Waals surface area contributed by atoms with E-state index in [0.717, 1.165) is 6.07 Å². The highest BCUT2D eigenvalue weighted by molar-refractivity contribution is 7.89. The van der Waals surface area contributed by atoms with Crippen LogP contribution in [0.1, 0.15) is 12.0 Å². The molecule has 0 amide bonds. The van der Waals surface area contributed by atoms with Crippen molar-refractivity contribution in [1.82, 2.24) is 4.72 Å². The number of rotatable bonds is 5. The number of sulfonamides is 1. The fourth-order valence-electron chi connectivity index (χ4n) is 1.34. The standard InChI is InChI=1S/C10H15FN2O2S.ClH/c1-8-4-2-5-9(11)10(8)16(14,15)13-7-3-6-12;/h2,4-5,13H,3,6-7,12H2,1H3;1H. The first-order valence-corrected chi connectivity index (χ1v) is 6.42. The van der Waals surface area contributed by atoms with E-state index in [1.807, 2.05) is 0 Å². The van der Waals surface area contributed by atoms with Crippen molar-refractivity contribution in [3.8, 4) is 0 Å². The Balaban J connectivity index is 0.00000256. The van der Waals surface area contributed by atoms with Gasteiger partial charge in [-0.05, 0) is 31.5 Å². The third-order valence-electron chi connectivity index (χ3n) is 2.11. The van der Waals surface area contributed by atoms with Crippen LogP contribution in [0.3, 0.4) is 0 Å². The molecule has 0 bridgehead atoms. The van der Waals surface area contributed by atoms with Gasteiger partial charge in [0.25, 0.3) is 0 Å². The van der Waals surface area contributed by atoms with E-state index < -0.39 is 15.8 Å². The minimum absolute atomic E-state index is 0. The Morgan fingerprint density at radius 3 is 2.59 bits per heavy atom. The van der Waals surface area contributed by atoms with Gasteiger partial charge in [0.15, 0.2) is 0 Å². The van der Waals surface area contributed by atoms with Crippen molar-refractivity contribution in [2.75, 3.05) is 13.1 Å². The Morgan fingerprint density at radius 2 is 2.06 bits per heavy atom. The number of benzene rings is 1. The molecule has 0 saturated heterocycles. The van der Waals surface area contributed by atoms with Gasteiger partial charge >= 0.3 is 0 Å². The van der Waals surface area contributed by atoms with Crippen LogP contribution in [0.2, 0.25) is 0 Å². The van der Waals surface area contributed by atoms with Gasteiger partial charge in [0.2, 0.25) is 10.0 Å². The summed E-state index contributed by atoms with van der Waals surface area (Å²) in [5.74, 6) is -0.736. The summed E-state index contributed by atoms with van der Waals surface area (Å²) >= 11 is 0. The van der Waals surface area contributed by atoms with Crippen LogP contribution in [-0.4, -0.2) is 21.5 Å². The fourth-order valence-corrected chi connectivity index (χ4v) is 2.71. The Hall–Kier alpha value is -0.690. The summed E-state index contributed by atoms with van der Waals surface area (Å²) < 4.78 is 39.2. The normalized spacial score (nSPS) is 11.0. The molecule has 0 saturated carbocycles. The summed E-state index contributed by atoms with van der Waals surface area (Å²) in [7, 11) is -3.77. The van der Waals surface area contributed by atoms with Crippen LogP contribution in [0.15, 0.2) is 23.1 Å². The highest BCUT2D eigenvalue weighted by atomic mass is 35.5. The van der Waals surface area contributed by atoms with Gasteiger partial charge in [-0.25, -0.2) is 17.5 Å². The molecule has 7 heteroatoms. The molecule has 0 radical (unpaired) electrons. The van der Waals surface area contributed by atoms with E-state index in [1.165, 1.54) is 6.07 Å². The van der Waals surface area contributed by atoms with Crippen molar-refractivity contribution in [2.24, 2.45) is 5.73 Å². The number of halogens is 2. The van der Waals surface area contributed by atoms with Gasteiger partial charge in [-0.3, -0.25) is 0 Å². The average Bonchev–Trinajstić information content (AvgIpc) is 2.17. The van der Waals surface area contributed by atoms with Gasteiger partial charge in [-0.2, -0.15) is 0 Å². The number of nitrogens with one attached hydrogen (secondary N) is 1. The zero-order valence-electron chi connectivity index (χ0n) is 9.44. The third kappa shape index (κ3) is 4.23. The van der Waals surface area contributed by atoms with E-state index >= 15 is 0 Å². The second-order valence-electron chi connectivity index (χ2n) is 3.43. The SMILES string of the molecule is Cc1cccc(F)c1S(=O)(=O)NCCCN.Cl. The van der Waals surface area contributed by atoms with Gasteiger partial charge in [-0.1, -0.05) is 12.1 Å². The molecule has 0 unspecified atom stereocenters. The molecule has 0 aliphatic heterocycles. The number of nitrogens with two attached hydrogens (primary N) is 1. The summed E-state index contributed by atoms with van der Waals surface area (Å²) in [5.41, 5.74) is 5.64. The molecule has 3 N–H and O–H groups in total. The van der Waals surface area contributed by atoms with E-state index in [9.17, 15) is 12.8 Å². The molecule has 4 nitrogen and oxygen atoms in total. The predicted octanol–water partition coefficient (Wildman–Crippen LogP) is 1.18. The third-order valence-corrected chi connectivity index (χ3v) is 3.74. The molecule has 98 valence electrons. The number of hydrogen-bond acceptors (Lipinski definition) is 3. The maximum Gasteiger partial charge on any atom is 0.243 e. The van der Waals surface area contributed by atoms with Crippen LogP contribution in [-0.2, 0) is 10.0 Å². The predicted molar refractivity (Wildman–Crippen MR) is 67.2 cm³/mol. The molecular formula is C10H16ClFN2O2S. The summed E-state index contributed by atoms with van der Waals surface area (Å²) in [4.78, 5) is -0.285. The Kier molecular flexibility index (Phi) is 6.62. The van der Waals surface area contributed by atoms with E-state index in [4.69, 9.17) is 5.73 Å². The van der Waals surface area contributed by atoms with Crippen molar-refractivity contribution in [3.63, 3.8) is 0 Å². The number of aryl methyl sites for hydroxylation is 1. The summed E-state index contributed by atoms with van der Waals surface area (Å²) in [6.07, 6.45) is 0.521. The lowest BCUT2D eigenvalue weighted by Gasteiger charge is -2.09. The zero-order valence-corrected chi connectivity index (χ0v) is 11.1. The molecular weight excluding hydrogens is 267 g/mol. The van der Waals surface area contributed by atoms with Crippen molar-refractivity contribution in [1.29, 1.82) is 0 Å². The molecule has 0 heterocycles. The van der Waals surface area contributed by atoms with Crippen molar-refractivity contribution in [3.05, 3.63) is 29.6 Å². The van der Waals surface area contributed by atoms with Crippen LogP contribution in [0.25, 0.3) is 0 Å². The first kappa shape index (κ1) is 16.3. The van der Waals surface area contributed by atoms with Gasteiger partial charge in [0, 0.05) is 6.54 Å². The smallest absolute Gasteiger partial charge is 0.243 e. The molecule has 1 aromatic carbocycles. The van der Waals surface area contributed by atoms with Crippen LogP contribution >= 0.6 is 12.4 Å². The average molecular weight is 283 g/mol. The monoisotopic (exact) mass is 282 g/mol. The van der Waals surface area contributed by atoms with Crippen molar-refractivity contribution < 1.29 is 12.8 Å². The van der Waals surface area contributed by atoms with Gasteiger partial charge in [0.05, 0.1) is 0 Å². The van der Waals surface area contributed by atoms with Crippen LogP contribution < -0.4 is 10.5 Å². The number of hydrogen-bond donors (Lipinski definition) is 2. The highest BCUT2D eigenvalue weighted by Crippen LogP contribution is 2.18. The summed E-state index contributed by atoms with van der Waals surface area (Å²) in [5, 5.41) is 0. The highest BCUT2D eigenvalue weighted by Gasteiger charge is 2.20. The molecule has 0 aliphatic carbocycles. The molecule has 0 spiro atoms. The largest absolute Gasteiger partial charge is 0.330 e.